The Morgan fingerprint density at radius 2 is 1.75 bits per heavy atom. The molecule has 0 atom stereocenters. The maximum Gasteiger partial charge on any atom is 0.243 e. The molecule has 10 nitrogen and oxygen atoms in total. The fraction of sp³-hybridized carbons (Fsp3) is 0.667. The number of ether oxygens (including phenoxy) is 2. The fourth-order valence-corrected chi connectivity index (χ4v) is 6.31. The summed E-state index contributed by atoms with van der Waals surface area (Å²) in [6.45, 7) is 3.99. The van der Waals surface area contributed by atoms with Crippen LogP contribution in [0.5, 0.6) is 0 Å². The second kappa shape index (κ2) is 8.69. The van der Waals surface area contributed by atoms with Gasteiger partial charge in [-0.15, -0.1) is 5.10 Å². The summed E-state index contributed by atoms with van der Waals surface area (Å²) in [6, 6.07) is 4.92. The van der Waals surface area contributed by atoms with E-state index in [2.05, 4.69) is 10.3 Å². The Morgan fingerprint density at radius 3 is 2.47 bits per heavy atom. The summed E-state index contributed by atoms with van der Waals surface area (Å²) in [5, 5.41) is 8.30. The van der Waals surface area contributed by atoms with Crippen molar-refractivity contribution in [1.82, 2.24) is 24.2 Å². The number of benzene rings is 1. The summed E-state index contributed by atoms with van der Waals surface area (Å²) >= 11 is 0. The van der Waals surface area contributed by atoms with Crippen molar-refractivity contribution in [2.24, 2.45) is 0 Å². The van der Waals surface area contributed by atoms with Gasteiger partial charge in [-0.3, -0.25) is 4.79 Å². The van der Waals surface area contributed by atoms with Crippen molar-refractivity contribution in [3.63, 3.8) is 0 Å². The third-order valence-electron chi connectivity index (χ3n) is 6.67. The molecule has 0 unspecified atom stereocenters. The number of hydrogen-bond donors (Lipinski definition) is 0. The first-order valence-electron chi connectivity index (χ1n) is 11.4. The van der Waals surface area contributed by atoms with Crippen LogP contribution >= 0.6 is 0 Å². The maximum absolute atomic E-state index is 12.9. The molecule has 5 rings (SSSR count). The van der Waals surface area contributed by atoms with Crippen molar-refractivity contribution in [2.45, 2.75) is 55.8 Å². The molecule has 1 aromatic heterocycles. The number of fused-ring (bicyclic) bond motifs is 1. The van der Waals surface area contributed by atoms with E-state index in [0.717, 1.165) is 24.8 Å². The largest absolute Gasteiger partial charge is 0.347 e. The molecule has 174 valence electrons. The van der Waals surface area contributed by atoms with Crippen LogP contribution in [0.25, 0.3) is 11.0 Å². The molecular weight excluding hydrogens is 434 g/mol. The van der Waals surface area contributed by atoms with Gasteiger partial charge in [-0.05, 0) is 31.0 Å². The lowest BCUT2D eigenvalue weighted by Gasteiger charge is -2.37. The van der Waals surface area contributed by atoms with Gasteiger partial charge < -0.3 is 14.4 Å². The molecule has 0 N–H and O–H groups in total. The van der Waals surface area contributed by atoms with Crippen molar-refractivity contribution in [1.29, 1.82) is 0 Å². The van der Waals surface area contributed by atoms with Gasteiger partial charge in [0.05, 0.1) is 30.2 Å². The molecule has 0 radical (unpaired) electrons. The zero-order valence-electron chi connectivity index (χ0n) is 18.1. The van der Waals surface area contributed by atoms with Crippen molar-refractivity contribution in [3.8, 4) is 0 Å². The maximum atomic E-state index is 12.9. The Labute approximate surface area is 187 Å². The molecule has 1 spiro atoms. The van der Waals surface area contributed by atoms with Gasteiger partial charge in [-0.25, -0.2) is 13.1 Å². The predicted molar refractivity (Wildman–Crippen MR) is 115 cm³/mol. The summed E-state index contributed by atoms with van der Waals surface area (Å²) < 4.78 is 40.5. The van der Waals surface area contributed by atoms with E-state index in [1.165, 1.54) is 0 Å². The van der Waals surface area contributed by atoms with Gasteiger partial charge in [-0.1, -0.05) is 11.6 Å². The van der Waals surface area contributed by atoms with Gasteiger partial charge in [0.15, 0.2) is 5.79 Å². The molecule has 3 aliphatic heterocycles. The van der Waals surface area contributed by atoms with E-state index in [-0.39, 0.29) is 10.8 Å². The molecule has 0 aliphatic carbocycles. The van der Waals surface area contributed by atoms with Gasteiger partial charge in [0.1, 0.15) is 5.52 Å². The van der Waals surface area contributed by atoms with E-state index < -0.39 is 15.8 Å². The van der Waals surface area contributed by atoms with Crippen molar-refractivity contribution in [3.05, 3.63) is 18.2 Å². The molecule has 11 heteroatoms. The number of aryl methyl sites for hydroxylation is 1. The third-order valence-corrected chi connectivity index (χ3v) is 8.56. The highest BCUT2D eigenvalue weighted by atomic mass is 32.2. The highest BCUT2D eigenvalue weighted by Crippen LogP contribution is 2.31. The summed E-state index contributed by atoms with van der Waals surface area (Å²) in [7, 11) is -3.52. The topological polar surface area (TPSA) is 107 Å². The molecular formula is C21H29N5O5S. The van der Waals surface area contributed by atoms with Crippen LogP contribution in [0.1, 0.15) is 38.5 Å². The number of nitrogens with zero attached hydrogens (tertiary/aromatic N) is 5. The number of aromatic nitrogens is 3. The van der Waals surface area contributed by atoms with E-state index in [1.54, 1.807) is 27.2 Å². The summed E-state index contributed by atoms with van der Waals surface area (Å²) in [5.41, 5.74) is 1.24. The molecule has 4 heterocycles. The van der Waals surface area contributed by atoms with Gasteiger partial charge in [0.2, 0.25) is 15.9 Å². The number of sulfonamides is 1. The molecule has 0 bridgehead atoms. The molecule has 0 saturated carbocycles. The monoisotopic (exact) mass is 463 g/mol. The fourth-order valence-electron chi connectivity index (χ4n) is 4.77. The van der Waals surface area contributed by atoms with Crippen molar-refractivity contribution < 1.29 is 22.7 Å². The van der Waals surface area contributed by atoms with Gasteiger partial charge in [0.25, 0.3) is 0 Å². The minimum absolute atomic E-state index is 0.0609. The molecule has 32 heavy (non-hydrogen) atoms. The van der Waals surface area contributed by atoms with Gasteiger partial charge >= 0.3 is 0 Å². The van der Waals surface area contributed by atoms with E-state index in [0.29, 0.717) is 70.7 Å². The highest BCUT2D eigenvalue weighted by Gasteiger charge is 2.40. The smallest absolute Gasteiger partial charge is 0.243 e. The predicted octanol–water partition coefficient (Wildman–Crippen LogP) is 1.36. The minimum Gasteiger partial charge on any atom is -0.347 e. The Kier molecular flexibility index (Phi) is 5.91. The van der Waals surface area contributed by atoms with Crippen LogP contribution in [-0.4, -0.2) is 83.7 Å². The first-order chi connectivity index (χ1) is 15.5. The zero-order valence-corrected chi connectivity index (χ0v) is 18.9. The summed E-state index contributed by atoms with van der Waals surface area (Å²) in [4.78, 5) is 14.8. The van der Waals surface area contributed by atoms with Crippen molar-refractivity contribution in [2.75, 3.05) is 39.4 Å². The van der Waals surface area contributed by atoms with Crippen LogP contribution in [0, 0.1) is 0 Å². The van der Waals surface area contributed by atoms with E-state index in [1.807, 2.05) is 4.90 Å². The lowest BCUT2D eigenvalue weighted by molar-refractivity contribution is -0.187. The van der Waals surface area contributed by atoms with E-state index in [9.17, 15) is 13.2 Å². The second-order valence-corrected chi connectivity index (χ2v) is 10.6. The van der Waals surface area contributed by atoms with Crippen LogP contribution in [0.4, 0.5) is 0 Å². The number of hydrogen-bond acceptors (Lipinski definition) is 7. The summed E-state index contributed by atoms with van der Waals surface area (Å²) in [6.07, 6.45) is 4.55. The Balaban J connectivity index is 1.22. The van der Waals surface area contributed by atoms with Gasteiger partial charge in [-0.2, -0.15) is 4.31 Å². The number of carbonyl (C=O) groups is 1. The second-order valence-electron chi connectivity index (χ2n) is 8.67. The zero-order chi connectivity index (χ0) is 22.2. The number of likely N-dealkylation sites (tertiary alicyclic amines) is 1. The number of amides is 1. The van der Waals surface area contributed by atoms with Crippen LogP contribution in [0.2, 0.25) is 0 Å². The molecule has 1 amide bonds. The van der Waals surface area contributed by atoms with E-state index >= 15 is 0 Å². The average molecular weight is 464 g/mol. The normalized spacial score (nSPS) is 22.1. The standard InChI is InChI=1S/C21H29N5O5S/c27-20(24-12-7-21(8-13-24)30-14-15-31-21)6-11-26-19-5-4-17(16-18(19)22-23-26)32(28,29)25-9-2-1-3-10-25/h4-5,16H,1-3,6-15H2. The molecule has 2 aromatic rings. The Bertz CT molecular complexity index is 1080. The molecule has 3 fully saturated rings. The molecule has 1 aromatic carbocycles. The minimum atomic E-state index is -3.52. The van der Waals surface area contributed by atoms with Crippen LogP contribution in [-0.2, 0) is 30.8 Å². The third kappa shape index (κ3) is 4.14. The number of rotatable bonds is 5. The first-order valence-corrected chi connectivity index (χ1v) is 12.8. The number of carbonyl (C=O) groups excluding carboxylic acids is 1. The Hall–Kier alpha value is -2.08. The lowest BCUT2D eigenvalue weighted by Crippen LogP contribution is -2.47. The van der Waals surface area contributed by atoms with Gasteiger partial charge in [0, 0.05) is 45.4 Å². The van der Waals surface area contributed by atoms with Crippen LogP contribution in [0.15, 0.2) is 23.1 Å². The summed E-state index contributed by atoms with van der Waals surface area (Å²) in [5.74, 6) is -0.434. The van der Waals surface area contributed by atoms with Crippen LogP contribution in [0.3, 0.4) is 0 Å². The Morgan fingerprint density at radius 1 is 1.03 bits per heavy atom. The molecule has 3 saturated heterocycles. The number of piperidine rings is 2. The average Bonchev–Trinajstić information content (AvgIpc) is 3.45. The van der Waals surface area contributed by atoms with E-state index in [4.69, 9.17) is 9.47 Å². The molecule has 3 aliphatic rings. The SMILES string of the molecule is O=C(CCn1nnc2cc(S(=O)(=O)N3CCCCC3)ccc21)N1CCC2(CC1)OCCO2. The lowest BCUT2D eigenvalue weighted by atomic mass is 10.0. The first kappa shape index (κ1) is 21.7. The van der Waals surface area contributed by atoms with Crippen LogP contribution < -0.4 is 0 Å². The van der Waals surface area contributed by atoms with Crippen molar-refractivity contribution >= 4 is 27.0 Å². The highest BCUT2D eigenvalue weighted by molar-refractivity contribution is 7.89. The quantitative estimate of drug-likeness (QED) is 0.659.